The molecule has 0 aromatic heterocycles. The molecule has 0 unspecified atom stereocenters. The van der Waals surface area contributed by atoms with Crippen LogP contribution >= 0.6 is 0 Å². The maximum absolute atomic E-state index is 8.94. The molecule has 0 amide bonds. The number of β-amino-alcohol motifs (C(OH)–C–C–N with tert-alkyl or cyclic N) is 1. The predicted octanol–water partition coefficient (Wildman–Crippen LogP) is 0.530. The third-order valence-electron chi connectivity index (χ3n) is 3.71. The van der Waals surface area contributed by atoms with Crippen LogP contribution in [0.2, 0.25) is 0 Å². The first-order chi connectivity index (χ1) is 10.3. The lowest BCUT2D eigenvalue weighted by atomic mass is 10.1. The summed E-state index contributed by atoms with van der Waals surface area (Å²) < 4.78 is 0. The van der Waals surface area contributed by atoms with Gasteiger partial charge in [-0.05, 0) is 17.7 Å². The van der Waals surface area contributed by atoms with Gasteiger partial charge in [0.2, 0.25) is 0 Å². The van der Waals surface area contributed by atoms with E-state index in [1.54, 1.807) is 0 Å². The smallest absolute Gasteiger partial charge is 0.0558 e. The second-order valence-corrected chi connectivity index (χ2v) is 5.31. The normalized spacial score (nSPS) is 16.5. The largest absolute Gasteiger partial charge is 0.395 e. The van der Waals surface area contributed by atoms with E-state index in [0.29, 0.717) is 6.42 Å². The summed E-state index contributed by atoms with van der Waals surface area (Å²) in [6, 6.07) is 8.34. The average molecular weight is 288 g/mol. The van der Waals surface area contributed by atoms with Crippen molar-refractivity contribution in [2.45, 2.75) is 13.0 Å². The van der Waals surface area contributed by atoms with Gasteiger partial charge in [-0.1, -0.05) is 24.0 Å². The predicted molar refractivity (Wildman–Crippen MR) is 83.8 cm³/mol. The molecule has 1 saturated heterocycles. The van der Waals surface area contributed by atoms with Gasteiger partial charge in [-0.15, -0.1) is 0 Å². The van der Waals surface area contributed by atoms with Gasteiger partial charge in [-0.2, -0.15) is 0 Å². The molecule has 1 aromatic rings. The highest BCUT2D eigenvalue weighted by molar-refractivity contribution is 5.36. The summed E-state index contributed by atoms with van der Waals surface area (Å²) in [5.41, 5.74) is 2.30. The van der Waals surface area contributed by atoms with Crippen molar-refractivity contribution in [3.63, 3.8) is 0 Å². The number of nitrogens with zero attached hydrogens (tertiary/aromatic N) is 2. The zero-order valence-corrected chi connectivity index (χ0v) is 12.5. The van der Waals surface area contributed by atoms with Crippen molar-refractivity contribution in [2.24, 2.45) is 0 Å². The summed E-state index contributed by atoms with van der Waals surface area (Å²) >= 11 is 0. The van der Waals surface area contributed by atoms with Gasteiger partial charge in [0.25, 0.3) is 0 Å². The minimum absolute atomic E-state index is 0.118. The molecular formula is C17H24N2O2. The Morgan fingerprint density at radius 3 is 2.19 bits per heavy atom. The van der Waals surface area contributed by atoms with Gasteiger partial charge in [0, 0.05) is 51.3 Å². The topological polar surface area (TPSA) is 46.9 Å². The summed E-state index contributed by atoms with van der Waals surface area (Å²) in [5, 5.41) is 17.6. The van der Waals surface area contributed by atoms with E-state index in [0.717, 1.165) is 44.8 Å². The van der Waals surface area contributed by atoms with Gasteiger partial charge in [-0.25, -0.2) is 0 Å². The molecule has 1 fully saturated rings. The van der Waals surface area contributed by atoms with Crippen LogP contribution in [0.3, 0.4) is 0 Å². The van der Waals surface area contributed by atoms with E-state index in [-0.39, 0.29) is 13.2 Å². The van der Waals surface area contributed by atoms with Crippen molar-refractivity contribution < 1.29 is 10.2 Å². The van der Waals surface area contributed by atoms with Gasteiger partial charge in [0.1, 0.15) is 0 Å². The van der Waals surface area contributed by atoms with Crippen LogP contribution in [0.4, 0.5) is 0 Å². The molecule has 4 heteroatoms. The van der Waals surface area contributed by atoms with Gasteiger partial charge in [0.15, 0.2) is 0 Å². The lowest BCUT2D eigenvalue weighted by molar-refractivity contribution is 0.108. The van der Waals surface area contributed by atoms with Crippen molar-refractivity contribution in [1.82, 2.24) is 9.80 Å². The van der Waals surface area contributed by atoms with E-state index >= 15 is 0 Å². The van der Waals surface area contributed by atoms with E-state index in [2.05, 4.69) is 33.8 Å². The number of aliphatic hydroxyl groups is 2. The zero-order chi connectivity index (χ0) is 14.9. The fraction of sp³-hybridized carbons (Fsp3) is 0.529. The van der Waals surface area contributed by atoms with Crippen LogP contribution in [-0.4, -0.2) is 66.0 Å². The fourth-order valence-corrected chi connectivity index (χ4v) is 2.48. The molecule has 0 saturated carbocycles. The highest BCUT2D eigenvalue weighted by Gasteiger charge is 2.16. The molecule has 0 spiro atoms. The zero-order valence-electron chi connectivity index (χ0n) is 12.5. The van der Waals surface area contributed by atoms with Gasteiger partial charge in [0.05, 0.1) is 13.2 Å². The molecule has 4 nitrogen and oxygen atoms in total. The second-order valence-electron chi connectivity index (χ2n) is 5.31. The van der Waals surface area contributed by atoms with Crippen LogP contribution in [0.15, 0.2) is 24.3 Å². The number of aliphatic hydroxyl groups excluding tert-OH is 2. The molecule has 0 atom stereocenters. The Morgan fingerprint density at radius 2 is 1.57 bits per heavy atom. The quantitative estimate of drug-likeness (QED) is 0.776. The summed E-state index contributed by atoms with van der Waals surface area (Å²) in [7, 11) is 0. The maximum atomic E-state index is 8.94. The fourth-order valence-electron chi connectivity index (χ4n) is 2.48. The maximum Gasteiger partial charge on any atom is 0.0558 e. The van der Waals surface area contributed by atoms with E-state index in [9.17, 15) is 0 Å². The minimum atomic E-state index is 0.118. The molecule has 1 aliphatic rings. The van der Waals surface area contributed by atoms with E-state index in [1.807, 2.05) is 12.1 Å². The Bertz CT molecular complexity index is 468. The SMILES string of the molecule is OCCC#Cc1ccc(CN2CCN(CCO)CC2)cc1. The third kappa shape index (κ3) is 5.49. The second kappa shape index (κ2) is 8.81. The van der Waals surface area contributed by atoms with Crippen LogP contribution in [0.1, 0.15) is 17.5 Å². The Balaban J connectivity index is 1.80. The lowest BCUT2D eigenvalue weighted by Crippen LogP contribution is -2.46. The molecule has 1 heterocycles. The minimum Gasteiger partial charge on any atom is -0.395 e. The molecule has 2 rings (SSSR count). The standard InChI is InChI=1S/C17H24N2O2/c20-13-2-1-3-16-4-6-17(7-5-16)15-19-10-8-18(9-11-19)12-14-21/h4-7,20-21H,2,8-15H2. The number of hydrogen-bond donors (Lipinski definition) is 2. The van der Waals surface area contributed by atoms with Crippen LogP contribution in [0.5, 0.6) is 0 Å². The van der Waals surface area contributed by atoms with E-state index < -0.39 is 0 Å². The van der Waals surface area contributed by atoms with Crippen LogP contribution in [-0.2, 0) is 6.54 Å². The first-order valence-corrected chi connectivity index (χ1v) is 7.56. The summed E-state index contributed by atoms with van der Waals surface area (Å²) in [4.78, 5) is 4.75. The number of rotatable bonds is 5. The van der Waals surface area contributed by atoms with Crippen molar-refractivity contribution in [1.29, 1.82) is 0 Å². The Kier molecular flexibility index (Phi) is 6.71. The molecule has 2 N–H and O–H groups in total. The molecule has 0 bridgehead atoms. The molecule has 0 aliphatic carbocycles. The molecule has 0 radical (unpaired) electrons. The Hall–Kier alpha value is -1.38. The highest BCUT2D eigenvalue weighted by atomic mass is 16.3. The average Bonchev–Trinajstić information content (AvgIpc) is 2.51. The molecular weight excluding hydrogens is 264 g/mol. The Morgan fingerprint density at radius 1 is 0.905 bits per heavy atom. The van der Waals surface area contributed by atoms with Gasteiger partial charge in [-0.3, -0.25) is 9.80 Å². The van der Waals surface area contributed by atoms with Crippen LogP contribution in [0.25, 0.3) is 0 Å². The highest BCUT2D eigenvalue weighted by Crippen LogP contribution is 2.09. The van der Waals surface area contributed by atoms with Crippen molar-refractivity contribution in [3.05, 3.63) is 35.4 Å². The molecule has 21 heavy (non-hydrogen) atoms. The van der Waals surface area contributed by atoms with E-state index in [4.69, 9.17) is 10.2 Å². The monoisotopic (exact) mass is 288 g/mol. The number of piperazine rings is 1. The molecule has 1 aliphatic heterocycles. The number of hydrogen-bond acceptors (Lipinski definition) is 4. The molecule has 1 aromatic carbocycles. The van der Waals surface area contributed by atoms with E-state index in [1.165, 1.54) is 5.56 Å². The van der Waals surface area contributed by atoms with Crippen molar-refractivity contribution in [3.8, 4) is 11.8 Å². The van der Waals surface area contributed by atoms with Crippen LogP contribution in [0, 0.1) is 11.8 Å². The van der Waals surface area contributed by atoms with Crippen LogP contribution < -0.4 is 0 Å². The molecule has 114 valence electrons. The van der Waals surface area contributed by atoms with Gasteiger partial charge < -0.3 is 10.2 Å². The first-order valence-electron chi connectivity index (χ1n) is 7.56. The summed E-state index contributed by atoms with van der Waals surface area (Å²) in [5.74, 6) is 5.97. The lowest BCUT2D eigenvalue weighted by Gasteiger charge is -2.34. The third-order valence-corrected chi connectivity index (χ3v) is 3.71. The Labute approximate surface area is 127 Å². The first kappa shape index (κ1) is 16.0. The summed E-state index contributed by atoms with van der Waals surface area (Å²) in [6.07, 6.45) is 0.528. The van der Waals surface area contributed by atoms with Crippen molar-refractivity contribution >= 4 is 0 Å². The summed E-state index contributed by atoms with van der Waals surface area (Å²) in [6.45, 7) is 6.30. The number of benzene rings is 1. The van der Waals surface area contributed by atoms with Crippen molar-refractivity contribution in [2.75, 3.05) is 45.9 Å². The van der Waals surface area contributed by atoms with Gasteiger partial charge >= 0.3 is 0 Å².